The van der Waals surface area contributed by atoms with Gasteiger partial charge in [0, 0.05) is 30.9 Å². The Balaban J connectivity index is 2.11. The van der Waals surface area contributed by atoms with Crippen LogP contribution in [-0.4, -0.2) is 13.0 Å². The van der Waals surface area contributed by atoms with Crippen molar-refractivity contribution in [3.8, 4) is 0 Å². The minimum absolute atomic E-state index is 0.0998. The molecule has 5 heteroatoms. The van der Waals surface area contributed by atoms with Gasteiger partial charge in [-0.05, 0) is 17.7 Å². The molecule has 2 aromatic carbocycles. The Morgan fingerprint density at radius 1 is 1.10 bits per heavy atom. The predicted octanol–water partition coefficient (Wildman–Crippen LogP) is 2.87. The third kappa shape index (κ3) is 4.02. The van der Waals surface area contributed by atoms with E-state index in [1.807, 2.05) is 24.3 Å². The van der Waals surface area contributed by atoms with E-state index in [2.05, 4.69) is 10.6 Å². The SMILES string of the molecule is CNC(=O)Cc1ccccc1NCc1ccc(F)cc1F. The van der Waals surface area contributed by atoms with E-state index in [4.69, 9.17) is 0 Å². The largest absolute Gasteiger partial charge is 0.381 e. The van der Waals surface area contributed by atoms with Gasteiger partial charge < -0.3 is 10.6 Å². The van der Waals surface area contributed by atoms with Crippen LogP contribution in [0.25, 0.3) is 0 Å². The maximum absolute atomic E-state index is 13.6. The highest BCUT2D eigenvalue weighted by Gasteiger charge is 2.08. The van der Waals surface area contributed by atoms with Gasteiger partial charge in [-0.3, -0.25) is 4.79 Å². The zero-order chi connectivity index (χ0) is 15.2. The molecule has 0 aliphatic rings. The number of likely N-dealkylation sites (N-methyl/N-ethyl adjacent to an activating group) is 1. The molecule has 0 heterocycles. The highest BCUT2D eigenvalue weighted by molar-refractivity contribution is 5.80. The van der Waals surface area contributed by atoms with Gasteiger partial charge >= 0.3 is 0 Å². The van der Waals surface area contributed by atoms with Gasteiger partial charge in [-0.15, -0.1) is 0 Å². The lowest BCUT2D eigenvalue weighted by atomic mass is 10.1. The summed E-state index contributed by atoms with van der Waals surface area (Å²) in [6, 6.07) is 10.8. The Kier molecular flexibility index (Phi) is 4.87. The summed E-state index contributed by atoms with van der Waals surface area (Å²) in [4.78, 5) is 11.5. The summed E-state index contributed by atoms with van der Waals surface area (Å²) in [5.74, 6) is -1.29. The number of para-hydroxylation sites is 1. The molecular formula is C16H16F2N2O. The van der Waals surface area contributed by atoms with Crippen LogP contribution >= 0.6 is 0 Å². The van der Waals surface area contributed by atoms with Crippen LogP contribution in [0.2, 0.25) is 0 Å². The molecule has 0 fully saturated rings. The van der Waals surface area contributed by atoms with Gasteiger partial charge in [0.25, 0.3) is 0 Å². The molecule has 1 amide bonds. The fourth-order valence-electron chi connectivity index (χ4n) is 1.96. The molecule has 2 aromatic rings. The molecule has 3 nitrogen and oxygen atoms in total. The van der Waals surface area contributed by atoms with E-state index in [0.29, 0.717) is 5.56 Å². The van der Waals surface area contributed by atoms with Crippen molar-refractivity contribution in [3.05, 3.63) is 65.2 Å². The molecule has 2 N–H and O–H groups in total. The van der Waals surface area contributed by atoms with Gasteiger partial charge in [-0.2, -0.15) is 0 Å². The van der Waals surface area contributed by atoms with Gasteiger partial charge in [0.1, 0.15) is 11.6 Å². The Bertz CT molecular complexity index is 644. The molecule has 0 atom stereocenters. The van der Waals surface area contributed by atoms with E-state index in [9.17, 15) is 13.6 Å². The monoisotopic (exact) mass is 290 g/mol. The number of amides is 1. The summed E-state index contributed by atoms with van der Waals surface area (Å²) in [6.45, 7) is 0.219. The molecule has 0 saturated carbocycles. The van der Waals surface area contributed by atoms with Crippen LogP contribution in [0, 0.1) is 11.6 Å². The molecular weight excluding hydrogens is 274 g/mol. The molecule has 2 rings (SSSR count). The average molecular weight is 290 g/mol. The zero-order valence-electron chi connectivity index (χ0n) is 11.6. The minimum atomic E-state index is -0.601. The number of carbonyl (C=O) groups is 1. The number of rotatable bonds is 5. The summed E-state index contributed by atoms with van der Waals surface area (Å²) in [5, 5.41) is 5.64. The minimum Gasteiger partial charge on any atom is -0.381 e. The van der Waals surface area contributed by atoms with E-state index in [-0.39, 0.29) is 18.9 Å². The number of anilines is 1. The summed E-state index contributed by atoms with van der Waals surface area (Å²) < 4.78 is 26.4. The van der Waals surface area contributed by atoms with E-state index in [0.717, 1.165) is 17.3 Å². The smallest absolute Gasteiger partial charge is 0.224 e. The van der Waals surface area contributed by atoms with E-state index < -0.39 is 11.6 Å². The second kappa shape index (κ2) is 6.83. The predicted molar refractivity (Wildman–Crippen MR) is 77.9 cm³/mol. The Labute approximate surface area is 122 Å². The van der Waals surface area contributed by atoms with Crippen molar-refractivity contribution < 1.29 is 13.6 Å². The van der Waals surface area contributed by atoms with Gasteiger partial charge in [-0.1, -0.05) is 24.3 Å². The maximum atomic E-state index is 13.6. The van der Waals surface area contributed by atoms with Crippen molar-refractivity contribution >= 4 is 11.6 Å². The van der Waals surface area contributed by atoms with E-state index in [1.165, 1.54) is 12.1 Å². The summed E-state index contributed by atoms with van der Waals surface area (Å²) in [7, 11) is 1.58. The second-order valence-corrected chi connectivity index (χ2v) is 4.60. The lowest BCUT2D eigenvalue weighted by molar-refractivity contribution is -0.119. The molecule has 0 bridgehead atoms. The number of hydrogen-bond acceptors (Lipinski definition) is 2. The van der Waals surface area contributed by atoms with Gasteiger partial charge in [0.2, 0.25) is 5.91 Å². The van der Waals surface area contributed by atoms with Crippen molar-refractivity contribution in [2.24, 2.45) is 0 Å². The lowest BCUT2D eigenvalue weighted by Crippen LogP contribution is -2.20. The molecule has 0 spiro atoms. The summed E-state index contributed by atoms with van der Waals surface area (Å²) >= 11 is 0. The fourth-order valence-corrected chi connectivity index (χ4v) is 1.96. The topological polar surface area (TPSA) is 41.1 Å². The Morgan fingerprint density at radius 2 is 1.86 bits per heavy atom. The van der Waals surface area contributed by atoms with Gasteiger partial charge in [0.15, 0.2) is 0 Å². The number of hydrogen-bond donors (Lipinski definition) is 2. The van der Waals surface area contributed by atoms with Crippen molar-refractivity contribution in [2.45, 2.75) is 13.0 Å². The third-order valence-electron chi connectivity index (χ3n) is 3.13. The Hall–Kier alpha value is -2.43. The average Bonchev–Trinajstić information content (AvgIpc) is 2.47. The van der Waals surface area contributed by atoms with Crippen molar-refractivity contribution in [3.63, 3.8) is 0 Å². The quantitative estimate of drug-likeness (QED) is 0.889. The van der Waals surface area contributed by atoms with Crippen LogP contribution in [0.1, 0.15) is 11.1 Å². The highest BCUT2D eigenvalue weighted by Crippen LogP contribution is 2.18. The number of nitrogens with one attached hydrogen (secondary N) is 2. The molecule has 0 aliphatic carbocycles. The van der Waals surface area contributed by atoms with Crippen molar-refractivity contribution in [1.82, 2.24) is 5.32 Å². The molecule has 0 radical (unpaired) electrons. The molecule has 0 aromatic heterocycles. The van der Waals surface area contributed by atoms with Crippen LogP contribution in [0.3, 0.4) is 0 Å². The lowest BCUT2D eigenvalue weighted by Gasteiger charge is -2.12. The van der Waals surface area contributed by atoms with Crippen LogP contribution in [0.15, 0.2) is 42.5 Å². The van der Waals surface area contributed by atoms with Crippen LogP contribution in [0.5, 0.6) is 0 Å². The molecule has 21 heavy (non-hydrogen) atoms. The van der Waals surface area contributed by atoms with Crippen molar-refractivity contribution in [2.75, 3.05) is 12.4 Å². The van der Waals surface area contributed by atoms with Crippen molar-refractivity contribution in [1.29, 1.82) is 0 Å². The summed E-state index contributed by atoms with van der Waals surface area (Å²) in [5.41, 5.74) is 1.94. The molecule has 110 valence electrons. The fraction of sp³-hybridized carbons (Fsp3) is 0.188. The molecule has 0 saturated heterocycles. The van der Waals surface area contributed by atoms with Gasteiger partial charge in [-0.25, -0.2) is 8.78 Å². The normalized spacial score (nSPS) is 10.2. The van der Waals surface area contributed by atoms with E-state index in [1.54, 1.807) is 7.05 Å². The molecule has 0 aliphatic heterocycles. The standard InChI is InChI=1S/C16H16F2N2O/c1-19-16(21)8-11-4-2-3-5-15(11)20-10-12-6-7-13(17)9-14(12)18/h2-7,9,20H,8,10H2,1H3,(H,19,21). The van der Waals surface area contributed by atoms with E-state index >= 15 is 0 Å². The Morgan fingerprint density at radius 3 is 2.57 bits per heavy atom. The zero-order valence-corrected chi connectivity index (χ0v) is 11.6. The van der Waals surface area contributed by atoms with Crippen LogP contribution in [0.4, 0.5) is 14.5 Å². The van der Waals surface area contributed by atoms with Crippen LogP contribution in [-0.2, 0) is 17.8 Å². The first-order valence-corrected chi connectivity index (χ1v) is 6.56. The number of carbonyl (C=O) groups excluding carboxylic acids is 1. The number of halogens is 2. The van der Waals surface area contributed by atoms with Gasteiger partial charge in [0.05, 0.1) is 6.42 Å². The number of benzene rings is 2. The third-order valence-corrected chi connectivity index (χ3v) is 3.13. The highest BCUT2D eigenvalue weighted by atomic mass is 19.1. The molecule has 0 unspecified atom stereocenters. The maximum Gasteiger partial charge on any atom is 0.224 e. The summed E-state index contributed by atoms with van der Waals surface area (Å²) in [6.07, 6.45) is 0.242. The first-order valence-electron chi connectivity index (χ1n) is 6.56. The van der Waals surface area contributed by atoms with Crippen LogP contribution < -0.4 is 10.6 Å². The first kappa shape index (κ1) is 15.0. The second-order valence-electron chi connectivity index (χ2n) is 4.60. The first-order chi connectivity index (χ1) is 10.1.